The first-order valence-electron chi connectivity index (χ1n) is 8.30. The molecule has 0 spiro atoms. The summed E-state index contributed by atoms with van der Waals surface area (Å²) in [6, 6.07) is 17.3. The smallest absolute Gasteiger partial charge is 0.316 e. The molecule has 25 heavy (non-hydrogen) atoms. The van der Waals surface area contributed by atoms with Crippen molar-refractivity contribution in [2.45, 2.75) is 31.7 Å². The molecule has 2 atom stereocenters. The lowest BCUT2D eigenvalue weighted by Gasteiger charge is -2.32. The van der Waals surface area contributed by atoms with Gasteiger partial charge in [-0.05, 0) is 42.9 Å². The summed E-state index contributed by atoms with van der Waals surface area (Å²) in [5.41, 5.74) is 1.82. The first-order chi connectivity index (χ1) is 11.9. The van der Waals surface area contributed by atoms with Crippen molar-refractivity contribution in [1.29, 1.82) is 0 Å². The number of methoxy groups -OCH3 is 2. The maximum Gasteiger partial charge on any atom is 0.316 e. The number of carbonyl (C=O) groups excluding carboxylic acids is 1. The molecule has 0 saturated carbocycles. The van der Waals surface area contributed by atoms with E-state index in [1.807, 2.05) is 54.6 Å². The highest BCUT2D eigenvalue weighted by Gasteiger charge is 2.36. The summed E-state index contributed by atoms with van der Waals surface area (Å²) in [7, 11) is 1.13. The van der Waals surface area contributed by atoms with Gasteiger partial charge in [-0.2, -0.15) is 0 Å². The van der Waals surface area contributed by atoms with Gasteiger partial charge in [0.15, 0.2) is 8.32 Å². The summed E-state index contributed by atoms with van der Waals surface area (Å²) < 4.78 is 16.8. The maximum absolute atomic E-state index is 12.6. The van der Waals surface area contributed by atoms with E-state index in [4.69, 9.17) is 13.9 Å². The Morgan fingerprint density at radius 3 is 1.96 bits per heavy atom. The second kappa shape index (κ2) is 8.32. The van der Waals surface area contributed by atoms with Crippen LogP contribution < -0.4 is 4.74 Å². The van der Waals surface area contributed by atoms with Gasteiger partial charge in [0.05, 0.1) is 20.3 Å². The predicted octanol–water partition coefficient (Wildman–Crippen LogP) is 4.54. The van der Waals surface area contributed by atoms with Crippen molar-refractivity contribution in [3.63, 3.8) is 0 Å². The Bertz CT molecular complexity index is 677. The fourth-order valence-corrected chi connectivity index (χ4v) is 3.76. The van der Waals surface area contributed by atoms with Crippen molar-refractivity contribution in [2.24, 2.45) is 0 Å². The molecule has 0 N–H and O–H groups in total. The van der Waals surface area contributed by atoms with Crippen LogP contribution in [-0.2, 0) is 14.0 Å². The molecule has 0 amide bonds. The highest BCUT2D eigenvalue weighted by molar-refractivity contribution is 6.69. The fraction of sp³-hybridized carbons (Fsp3) is 0.350. The number of rotatable bonds is 7. The van der Waals surface area contributed by atoms with Gasteiger partial charge in [-0.3, -0.25) is 4.79 Å². The minimum absolute atomic E-state index is 0.301. The first kappa shape index (κ1) is 19.2. The molecule has 2 aromatic carbocycles. The monoisotopic (exact) mass is 358 g/mol. The molecule has 134 valence electrons. The normalized spacial score (nSPS) is 13.8. The molecule has 0 saturated heterocycles. The maximum atomic E-state index is 12.6. The molecule has 0 aliphatic heterocycles. The Hall–Kier alpha value is -2.11. The van der Waals surface area contributed by atoms with Crippen molar-refractivity contribution < 1.29 is 18.7 Å². The zero-order valence-corrected chi connectivity index (χ0v) is 16.5. The Morgan fingerprint density at radius 1 is 0.880 bits per heavy atom. The van der Waals surface area contributed by atoms with Crippen LogP contribution in [0.3, 0.4) is 0 Å². The average Bonchev–Trinajstić information content (AvgIpc) is 2.61. The molecule has 0 heterocycles. The van der Waals surface area contributed by atoms with Crippen molar-refractivity contribution in [3.8, 4) is 5.75 Å². The number of carbonyl (C=O) groups is 1. The SMILES string of the molecule is COC(=O)[C@H](c1ccccc1)[C@@H](O[Si](C)(C)C)c1ccc(OC)cc1. The van der Waals surface area contributed by atoms with Crippen LogP contribution in [0.25, 0.3) is 0 Å². The number of hydrogen-bond acceptors (Lipinski definition) is 4. The lowest BCUT2D eigenvalue weighted by molar-refractivity contribution is -0.145. The highest BCUT2D eigenvalue weighted by Crippen LogP contribution is 2.37. The predicted molar refractivity (Wildman–Crippen MR) is 101 cm³/mol. The molecule has 0 aliphatic carbocycles. The first-order valence-corrected chi connectivity index (χ1v) is 11.7. The van der Waals surface area contributed by atoms with E-state index < -0.39 is 20.3 Å². The van der Waals surface area contributed by atoms with Crippen molar-refractivity contribution in [1.82, 2.24) is 0 Å². The highest BCUT2D eigenvalue weighted by atomic mass is 28.4. The Balaban J connectivity index is 2.51. The molecule has 0 radical (unpaired) electrons. The van der Waals surface area contributed by atoms with Crippen LogP contribution in [0.4, 0.5) is 0 Å². The molecule has 0 unspecified atom stereocenters. The molecule has 0 aromatic heterocycles. The van der Waals surface area contributed by atoms with E-state index in [2.05, 4.69) is 19.6 Å². The van der Waals surface area contributed by atoms with E-state index in [0.29, 0.717) is 0 Å². The van der Waals surface area contributed by atoms with Crippen LogP contribution in [0.15, 0.2) is 54.6 Å². The van der Waals surface area contributed by atoms with Crippen LogP contribution in [-0.4, -0.2) is 28.5 Å². The van der Waals surface area contributed by atoms with E-state index >= 15 is 0 Å². The molecule has 0 fully saturated rings. The van der Waals surface area contributed by atoms with Crippen molar-refractivity contribution in [3.05, 3.63) is 65.7 Å². The lowest BCUT2D eigenvalue weighted by atomic mass is 9.89. The van der Waals surface area contributed by atoms with E-state index in [-0.39, 0.29) is 5.97 Å². The molecular weight excluding hydrogens is 332 g/mol. The number of benzene rings is 2. The topological polar surface area (TPSA) is 44.8 Å². The van der Waals surface area contributed by atoms with Crippen LogP contribution in [0, 0.1) is 0 Å². The second-order valence-corrected chi connectivity index (χ2v) is 11.3. The molecule has 2 rings (SSSR count). The standard InChI is InChI=1S/C20H26O4Si/c1-22-17-13-11-16(12-14-17)19(24-25(3,4)5)18(20(21)23-2)15-9-7-6-8-10-15/h6-14,18-19H,1-5H3/t18-,19+/m1/s1. The van der Waals surface area contributed by atoms with E-state index in [0.717, 1.165) is 16.9 Å². The third-order valence-electron chi connectivity index (χ3n) is 3.84. The van der Waals surface area contributed by atoms with E-state index in [1.54, 1.807) is 7.11 Å². The van der Waals surface area contributed by atoms with Gasteiger partial charge in [0.25, 0.3) is 0 Å². The molecule has 2 aromatic rings. The zero-order chi connectivity index (χ0) is 18.4. The third kappa shape index (κ3) is 5.18. The van der Waals surface area contributed by atoms with Gasteiger partial charge in [-0.15, -0.1) is 0 Å². The van der Waals surface area contributed by atoms with Crippen LogP contribution in [0.5, 0.6) is 5.75 Å². The number of esters is 1. The summed E-state index contributed by atoms with van der Waals surface area (Å²) in [6.07, 6.45) is -0.410. The zero-order valence-electron chi connectivity index (χ0n) is 15.5. The van der Waals surface area contributed by atoms with Gasteiger partial charge < -0.3 is 13.9 Å². The largest absolute Gasteiger partial charge is 0.497 e. The molecular formula is C20H26O4Si. The molecule has 0 aliphatic rings. The quantitative estimate of drug-likeness (QED) is 0.538. The van der Waals surface area contributed by atoms with E-state index in [9.17, 15) is 4.79 Å². The van der Waals surface area contributed by atoms with E-state index in [1.165, 1.54) is 7.11 Å². The summed E-state index contributed by atoms with van der Waals surface area (Å²) in [6.45, 7) is 6.34. The second-order valence-electron chi connectivity index (χ2n) is 6.84. The van der Waals surface area contributed by atoms with Crippen molar-refractivity contribution >= 4 is 14.3 Å². The minimum atomic E-state index is -1.92. The van der Waals surface area contributed by atoms with Gasteiger partial charge in [0.2, 0.25) is 0 Å². The average molecular weight is 359 g/mol. The van der Waals surface area contributed by atoms with Crippen LogP contribution >= 0.6 is 0 Å². The summed E-state index contributed by atoms with van der Waals surface area (Å²) in [5.74, 6) is -0.0542. The van der Waals surface area contributed by atoms with Gasteiger partial charge in [-0.25, -0.2) is 0 Å². The van der Waals surface area contributed by atoms with Gasteiger partial charge in [-0.1, -0.05) is 42.5 Å². The molecule has 5 heteroatoms. The summed E-state index contributed by atoms with van der Waals surface area (Å²) in [5, 5.41) is 0. The molecule has 0 bridgehead atoms. The van der Waals surface area contributed by atoms with Gasteiger partial charge in [0.1, 0.15) is 11.7 Å². The minimum Gasteiger partial charge on any atom is -0.497 e. The Labute approximate surface area is 150 Å². The third-order valence-corrected chi connectivity index (χ3v) is 4.80. The fourth-order valence-electron chi connectivity index (χ4n) is 2.72. The number of hydrogen-bond donors (Lipinski definition) is 0. The lowest BCUT2D eigenvalue weighted by Crippen LogP contribution is -2.33. The molecule has 4 nitrogen and oxygen atoms in total. The van der Waals surface area contributed by atoms with Gasteiger partial charge in [0, 0.05) is 0 Å². The van der Waals surface area contributed by atoms with Crippen LogP contribution in [0.1, 0.15) is 23.1 Å². The summed E-state index contributed by atoms with van der Waals surface area (Å²) in [4.78, 5) is 12.6. The van der Waals surface area contributed by atoms with Crippen molar-refractivity contribution in [2.75, 3.05) is 14.2 Å². The van der Waals surface area contributed by atoms with Crippen LogP contribution in [0.2, 0.25) is 19.6 Å². The Kier molecular flexibility index (Phi) is 6.39. The number of ether oxygens (including phenoxy) is 2. The Morgan fingerprint density at radius 2 is 1.48 bits per heavy atom. The van der Waals surface area contributed by atoms with Gasteiger partial charge >= 0.3 is 5.97 Å². The summed E-state index contributed by atoms with van der Waals surface area (Å²) >= 11 is 0.